The summed E-state index contributed by atoms with van der Waals surface area (Å²) in [5.41, 5.74) is 0.991. The first-order valence-corrected chi connectivity index (χ1v) is 9.55. The molecular weight excluding hydrogens is 356 g/mol. The number of carbonyl (C=O) groups excluding carboxylic acids is 2. The zero-order chi connectivity index (χ0) is 19.9. The number of piperidine rings is 1. The Morgan fingerprint density at radius 3 is 2.46 bits per heavy atom. The molecule has 2 heterocycles. The standard InChI is InChI=1S/C21H26N4O3/c1-24-11-5-8-18(19(24)26)20(27)25-12-9-17(10-13-25)15-23-21(28)22-14-16-6-3-2-4-7-16/h2-8,11,17H,9-10,12-15H2,1H3,(H2,22,23,28). The van der Waals surface area contributed by atoms with Crippen LogP contribution in [-0.2, 0) is 13.6 Å². The summed E-state index contributed by atoms with van der Waals surface area (Å²) in [5.74, 6) is 0.110. The first-order valence-electron chi connectivity index (χ1n) is 9.55. The summed E-state index contributed by atoms with van der Waals surface area (Å²) in [5, 5.41) is 5.76. The molecule has 1 fully saturated rings. The maximum Gasteiger partial charge on any atom is 0.315 e. The number of hydrogen-bond donors (Lipinski definition) is 2. The number of pyridine rings is 1. The summed E-state index contributed by atoms with van der Waals surface area (Å²) in [6.07, 6.45) is 3.25. The lowest BCUT2D eigenvalue weighted by molar-refractivity contribution is 0.0688. The molecule has 0 bridgehead atoms. The van der Waals surface area contributed by atoms with Crippen LogP contribution in [0.25, 0.3) is 0 Å². The molecule has 0 spiro atoms. The number of rotatable bonds is 5. The van der Waals surface area contributed by atoms with Crippen LogP contribution in [0.3, 0.4) is 0 Å². The number of aryl methyl sites for hydroxylation is 1. The highest BCUT2D eigenvalue weighted by Gasteiger charge is 2.25. The third-order valence-corrected chi connectivity index (χ3v) is 5.10. The van der Waals surface area contributed by atoms with Crippen molar-refractivity contribution in [2.45, 2.75) is 19.4 Å². The minimum atomic E-state index is -0.272. The number of nitrogens with zero attached hydrogens (tertiary/aromatic N) is 2. The molecule has 0 aliphatic carbocycles. The van der Waals surface area contributed by atoms with Crippen molar-refractivity contribution in [3.8, 4) is 0 Å². The van der Waals surface area contributed by atoms with Crippen molar-refractivity contribution in [1.29, 1.82) is 0 Å². The SMILES string of the molecule is Cn1cccc(C(=O)N2CCC(CNC(=O)NCc3ccccc3)CC2)c1=O. The van der Waals surface area contributed by atoms with Gasteiger partial charge in [0.1, 0.15) is 5.56 Å². The van der Waals surface area contributed by atoms with Gasteiger partial charge < -0.3 is 20.1 Å². The van der Waals surface area contributed by atoms with E-state index in [-0.39, 0.29) is 23.1 Å². The Balaban J connectivity index is 1.41. The lowest BCUT2D eigenvalue weighted by Gasteiger charge is -2.32. The van der Waals surface area contributed by atoms with E-state index in [2.05, 4.69) is 10.6 Å². The van der Waals surface area contributed by atoms with Crippen LogP contribution >= 0.6 is 0 Å². The lowest BCUT2D eigenvalue weighted by atomic mass is 9.96. The number of likely N-dealkylation sites (tertiary alicyclic amines) is 1. The molecule has 3 amide bonds. The van der Waals surface area contributed by atoms with E-state index in [4.69, 9.17) is 0 Å². The summed E-state index contributed by atoms with van der Waals surface area (Å²) >= 11 is 0. The molecule has 1 aliphatic rings. The Hall–Kier alpha value is -3.09. The summed E-state index contributed by atoms with van der Waals surface area (Å²) in [6, 6.07) is 12.9. The van der Waals surface area contributed by atoms with E-state index in [1.807, 2.05) is 30.3 Å². The maximum absolute atomic E-state index is 12.6. The molecule has 7 heteroatoms. The van der Waals surface area contributed by atoms with Gasteiger partial charge in [-0.15, -0.1) is 0 Å². The number of hydrogen-bond acceptors (Lipinski definition) is 3. The van der Waals surface area contributed by atoms with Gasteiger partial charge >= 0.3 is 6.03 Å². The molecule has 1 aromatic carbocycles. The van der Waals surface area contributed by atoms with Gasteiger partial charge in [0.2, 0.25) is 0 Å². The largest absolute Gasteiger partial charge is 0.338 e. The summed E-state index contributed by atoms with van der Waals surface area (Å²) in [6.45, 7) is 2.26. The molecular formula is C21H26N4O3. The smallest absolute Gasteiger partial charge is 0.315 e. The molecule has 0 radical (unpaired) electrons. The van der Waals surface area contributed by atoms with Crippen LogP contribution in [0.4, 0.5) is 4.79 Å². The normalized spacial score (nSPS) is 14.5. The van der Waals surface area contributed by atoms with Gasteiger partial charge in [-0.25, -0.2) is 4.79 Å². The van der Waals surface area contributed by atoms with Gasteiger partial charge in [0.25, 0.3) is 11.5 Å². The molecule has 2 N–H and O–H groups in total. The number of benzene rings is 1. The van der Waals surface area contributed by atoms with Gasteiger partial charge in [0, 0.05) is 39.4 Å². The molecule has 7 nitrogen and oxygen atoms in total. The highest BCUT2D eigenvalue weighted by atomic mass is 16.2. The third-order valence-electron chi connectivity index (χ3n) is 5.10. The Labute approximate surface area is 164 Å². The molecule has 0 atom stereocenters. The topological polar surface area (TPSA) is 83.4 Å². The van der Waals surface area contributed by atoms with Gasteiger partial charge in [-0.05, 0) is 36.5 Å². The van der Waals surface area contributed by atoms with Crippen LogP contribution in [0.1, 0.15) is 28.8 Å². The second-order valence-corrected chi connectivity index (χ2v) is 7.12. The molecule has 0 saturated carbocycles. The fraction of sp³-hybridized carbons (Fsp3) is 0.381. The van der Waals surface area contributed by atoms with E-state index in [0.29, 0.717) is 32.1 Å². The van der Waals surface area contributed by atoms with Gasteiger partial charge in [-0.2, -0.15) is 0 Å². The highest BCUT2D eigenvalue weighted by molar-refractivity contribution is 5.93. The molecule has 3 rings (SSSR count). The molecule has 1 saturated heterocycles. The van der Waals surface area contributed by atoms with Gasteiger partial charge in [0.15, 0.2) is 0 Å². The molecule has 1 aliphatic heterocycles. The lowest BCUT2D eigenvalue weighted by Crippen LogP contribution is -2.44. The van der Waals surface area contributed by atoms with Gasteiger partial charge in [-0.3, -0.25) is 9.59 Å². The second-order valence-electron chi connectivity index (χ2n) is 7.12. The average molecular weight is 382 g/mol. The predicted molar refractivity (Wildman–Crippen MR) is 107 cm³/mol. The van der Waals surface area contributed by atoms with E-state index in [9.17, 15) is 14.4 Å². The maximum atomic E-state index is 12.6. The number of amides is 3. The highest BCUT2D eigenvalue weighted by Crippen LogP contribution is 2.17. The summed E-state index contributed by atoms with van der Waals surface area (Å²) < 4.78 is 1.41. The van der Waals surface area contributed by atoms with Crippen LogP contribution in [0.15, 0.2) is 53.5 Å². The number of nitrogens with one attached hydrogen (secondary N) is 2. The van der Waals surface area contributed by atoms with Crippen molar-refractivity contribution in [3.05, 3.63) is 70.1 Å². The molecule has 1 aromatic heterocycles. The summed E-state index contributed by atoms with van der Waals surface area (Å²) in [7, 11) is 1.64. The minimum Gasteiger partial charge on any atom is -0.338 e. The zero-order valence-electron chi connectivity index (χ0n) is 16.1. The fourth-order valence-electron chi connectivity index (χ4n) is 3.35. The van der Waals surface area contributed by atoms with Gasteiger partial charge in [0.05, 0.1) is 0 Å². The minimum absolute atomic E-state index is 0.185. The van der Waals surface area contributed by atoms with Crippen molar-refractivity contribution in [1.82, 2.24) is 20.1 Å². The molecule has 2 aromatic rings. The monoisotopic (exact) mass is 382 g/mol. The molecule has 28 heavy (non-hydrogen) atoms. The van der Waals surface area contributed by atoms with Gasteiger partial charge in [-0.1, -0.05) is 30.3 Å². The second kappa shape index (κ2) is 9.21. The number of aromatic nitrogens is 1. The van der Waals surface area contributed by atoms with Crippen LogP contribution in [-0.4, -0.2) is 41.0 Å². The molecule has 148 valence electrons. The Bertz CT molecular complexity index is 871. The first-order chi connectivity index (χ1) is 13.5. The Kier molecular flexibility index (Phi) is 6.47. The molecule has 0 unspecified atom stereocenters. The first kappa shape index (κ1) is 19.7. The van der Waals surface area contributed by atoms with Crippen molar-refractivity contribution in [2.24, 2.45) is 13.0 Å². The predicted octanol–water partition coefficient (Wildman–Crippen LogP) is 1.74. The Morgan fingerprint density at radius 2 is 1.75 bits per heavy atom. The quantitative estimate of drug-likeness (QED) is 0.826. The van der Waals surface area contributed by atoms with Crippen molar-refractivity contribution >= 4 is 11.9 Å². The van der Waals surface area contributed by atoms with E-state index in [0.717, 1.165) is 18.4 Å². The van der Waals surface area contributed by atoms with Crippen molar-refractivity contribution in [2.75, 3.05) is 19.6 Å². The van der Waals surface area contributed by atoms with E-state index in [1.165, 1.54) is 4.57 Å². The third kappa shape index (κ3) is 5.00. The van der Waals surface area contributed by atoms with Crippen molar-refractivity contribution in [3.63, 3.8) is 0 Å². The number of urea groups is 1. The van der Waals surface area contributed by atoms with Crippen LogP contribution < -0.4 is 16.2 Å². The van der Waals surface area contributed by atoms with Crippen molar-refractivity contribution < 1.29 is 9.59 Å². The van der Waals surface area contributed by atoms with Crippen LogP contribution in [0.5, 0.6) is 0 Å². The van der Waals surface area contributed by atoms with E-state index < -0.39 is 0 Å². The zero-order valence-corrected chi connectivity index (χ0v) is 16.1. The Morgan fingerprint density at radius 1 is 1.04 bits per heavy atom. The number of carbonyl (C=O) groups is 2. The summed E-state index contributed by atoms with van der Waals surface area (Å²) in [4.78, 5) is 38.4. The van der Waals surface area contributed by atoms with Crippen LogP contribution in [0.2, 0.25) is 0 Å². The van der Waals surface area contributed by atoms with Crippen LogP contribution in [0, 0.1) is 5.92 Å². The van der Waals surface area contributed by atoms with E-state index in [1.54, 1.807) is 30.3 Å². The average Bonchev–Trinajstić information content (AvgIpc) is 2.73. The fourth-order valence-corrected chi connectivity index (χ4v) is 3.35. The van der Waals surface area contributed by atoms with E-state index >= 15 is 0 Å².